The molecule has 4 N–H and O–H groups in total. The van der Waals surface area contributed by atoms with Gasteiger partial charge in [0.2, 0.25) is 5.95 Å². The van der Waals surface area contributed by atoms with Crippen molar-refractivity contribution < 1.29 is 13.2 Å². The van der Waals surface area contributed by atoms with E-state index in [1.807, 2.05) is 6.26 Å². The summed E-state index contributed by atoms with van der Waals surface area (Å²) in [7, 11) is 0. The van der Waals surface area contributed by atoms with Gasteiger partial charge in [0.1, 0.15) is 11.4 Å². The van der Waals surface area contributed by atoms with E-state index in [0.717, 1.165) is 25.5 Å². The second kappa shape index (κ2) is 8.03. The number of alkyl halides is 3. The fourth-order valence-electron chi connectivity index (χ4n) is 2.65. The monoisotopic (exact) mass is 396 g/mol. The standard InChI is InChI=1S/C17H19F3N6S/c1-27-26-14-7-3-6-13(11(14)8-21)24-16-22-9-12(17(18,19)20)15(25-16)23-10-4-2-5-10/h3,6-10,21,26H,2,4-5H2,1H3,(H2,22,23,24,25). The Labute approximate surface area is 159 Å². The van der Waals surface area contributed by atoms with Crippen molar-refractivity contribution in [3.63, 3.8) is 0 Å². The van der Waals surface area contributed by atoms with Crippen LogP contribution < -0.4 is 15.4 Å². The Morgan fingerprint density at radius 2 is 2.00 bits per heavy atom. The van der Waals surface area contributed by atoms with Crippen LogP contribution in [0.2, 0.25) is 0 Å². The van der Waals surface area contributed by atoms with Gasteiger partial charge in [0, 0.05) is 30.3 Å². The quantitative estimate of drug-likeness (QED) is 0.394. The van der Waals surface area contributed by atoms with E-state index in [2.05, 4.69) is 25.3 Å². The molecule has 0 spiro atoms. The molecule has 0 amide bonds. The van der Waals surface area contributed by atoms with E-state index in [9.17, 15) is 13.2 Å². The van der Waals surface area contributed by atoms with Crippen molar-refractivity contribution in [1.82, 2.24) is 9.97 Å². The Balaban J connectivity index is 1.92. The van der Waals surface area contributed by atoms with Gasteiger partial charge >= 0.3 is 6.18 Å². The van der Waals surface area contributed by atoms with Crippen molar-refractivity contribution in [3.05, 3.63) is 35.5 Å². The van der Waals surface area contributed by atoms with E-state index < -0.39 is 11.7 Å². The molecular weight excluding hydrogens is 377 g/mol. The third-order valence-corrected chi connectivity index (χ3v) is 4.67. The van der Waals surface area contributed by atoms with Crippen LogP contribution in [0, 0.1) is 5.41 Å². The molecule has 0 atom stereocenters. The van der Waals surface area contributed by atoms with Crippen LogP contribution in [0.25, 0.3) is 0 Å². The third kappa shape index (κ3) is 4.44. The maximum atomic E-state index is 13.3. The summed E-state index contributed by atoms with van der Waals surface area (Å²) >= 11 is 1.37. The fourth-order valence-corrected chi connectivity index (χ4v) is 3.05. The highest BCUT2D eigenvalue weighted by Crippen LogP contribution is 2.36. The normalized spacial score (nSPS) is 14.4. The molecule has 0 unspecified atom stereocenters. The summed E-state index contributed by atoms with van der Waals surface area (Å²) in [6.45, 7) is 0. The Morgan fingerprint density at radius 1 is 1.26 bits per heavy atom. The Hall–Kier alpha value is -2.49. The fraction of sp³-hybridized carbons (Fsp3) is 0.353. The maximum absolute atomic E-state index is 13.3. The van der Waals surface area contributed by atoms with Crippen LogP contribution in [0.5, 0.6) is 0 Å². The van der Waals surface area contributed by atoms with E-state index in [1.165, 1.54) is 18.2 Å². The average Bonchev–Trinajstić information content (AvgIpc) is 2.58. The van der Waals surface area contributed by atoms with Gasteiger partial charge in [-0.3, -0.25) is 0 Å². The van der Waals surface area contributed by atoms with Crippen molar-refractivity contribution in [3.8, 4) is 0 Å². The molecule has 1 aromatic carbocycles. The number of hydrogen-bond acceptors (Lipinski definition) is 7. The minimum Gasteiger partial charge on any atom is -0.367 e. The van der Waals surface area contributed by atoms with Crippen LogP contribution >= 0.6 is 11.9 Å². The molecular formula is C17H19F3N6S. The molecule has 0 aliphatic heterocycles. The maximum Gasteiger partial charge on any atom is 0.421 e. The van der Waals surface area contributed by atoms with Crippen LogP contribution in [-0.4, -0.2) is 28.5 Å². The van der Waals surface area contributed by atoms with Gasteiger partial charge in [-0.2, -0.15) is 18.2 Å². The number of benzene rings is 1. The molecule has 1 aliphatic carbocycles. The second-order valence-corrected chi connectivity index (χ2v) is 6.68. The minimum atomic E-state index is -4.53. The number of aromatic nitrogens is 2. The van der Waals surface area contributed by atoms with E-state index in [0.29, 0.717) is 16.9 Å². The van der Waals surface area contributed by atoms with Gasteiger partial charge in [-0.15, -0.1) is 0 Å². The molecule has 1 aliphatic rings. The highest BCUT2D eigenvalue weighted by Gasteiger charge is 2.36. The van der Waals surface area contributed by atoms with Crippen molar-refractivity contribution in [2.45, 2.75) is 31.5 Å². The first-order valence-corrected chi connectivity index (χ1v) is 9.55. The van der Waals surface area contributed by atoms with Gasteiger partial charge in [0.25, 0.3) is 0 Å². The van der Waals surface area contributed by atoms with E-state index >= 15 is 0 Å². The molecule has 144 valence electrons. The minimum absolute atomic E-state index is 0.0000861. The number of nitrogens with one attached hydrogen (secondary N) is 4. The van der Waals surface area contributed by atoms with Crippen molar-refractivity contribution in [1.29, 1.82) is 5.41 Å². The van der Waals surface area contributed by atoms with Gasteiger partial charge < -0.3 is 20.8 Å². The topological polar surface area (TPSA) is 85.7 Å². The van der Waals surface area contributed by atoms with Crippen molar-refractivity contribution in [2.24, 2.45) is 0 Å². The lowest BCUT2D eigenvalue weighted by Crippen LogP contribution is -2.29. The molecule has 0 radical (unpaired) electrons. The lowest BCUT2D eigenvalue weighted by atomic mass is 9.93. The molecule has 0 saturated heterocycles. The Morgan fingerprint density at radius 3 is 2.59 bits per heavy atom. The smallest absolute Gasteiger partial charge is 0.367 e. The van der Waals surface area contributed by atoms with Crippen LogP contribution in [0.1, 0.15) is 30.4 Å². The molecule has 1 fully saturated rings. The van der Waals surface area contributed by atoms with E-state index in [4.69, 9.17) is 5.41 Å². The van der Waals surface area contributed by atoms with Gasteiger partial charge in [-0.05, 0) is 31.4 Å². The van der Waals surface area contributed by atoms with Crippen LogP contribution in [0.15, 0.2) is 24.4 Å². The lowest BCUT2D eigenvalue weighted by molar-refractivity contribution is -0.137. The molecule has 10 heteroatoms. The van der Waals surface area contributed by atoms with Crippen LogP contribution in [-0.2, 0) is 6.18 Å². The summed E-state index contributed by atoms with van der Waals surface area (Å²) in [6.07, 6.45) is 1.91. The van der Waals surface area contributed by atoms with Crippen LogP contribution in [0.4, 0.5) is 36.3 Å². The average molecular weight is 396 g/mol. The van der Waals surface area contributed by atoms with Gasteiger partial charge in [-0.25, -0.2) is 4.98 Å². The summed E-state index contributed by atoms with van der Waals surface area (Å²) in [4.78, 5) is 7.87. The molecule has 3 rings (SSSR count). The third-order valence-electron chi connectivity index (χ3n) is 4.25. The zero-order valence-corrected chi connectivity index (χ0v) is 15.3. The highest BCUT2D eigenvalue weighted by molar-refractivity contribution is 7.99. The molecule has 2 aromatic rings. The predicted molar refractivity (Wildman–Crippen MR) is 103 cm³/mol. The van der Waals surface area contributed by atoms with Gasteiger partial charge in [-0.1, -0.05) is 18.0 Å². The zero-order valence-electron chi connectivity index (χ0n) is 14.5. The summed E-state index contributed by atoms with van der Waals surface area (Å²) in [5, 5.41) is 13.4. The highest BCUT2D eigenvalue weighted by atomic mass is 32.2. The Bertz CT molecular complexity index is 823. The Kier molecular flexibility index (Phi) is 5.73. The molecule has 1 aromatic heterocycles. The summed E-state index contributed by atoms with van der Waals surface area (Å²) < 4.78 is 42.8. The van der Waals surface area contributed by atoms with Gasteiger partial charge in [0.05, 0.1) is 11.4 Å². The molecule has 1 heterocycles. The number of rotatable bonds is 7. The summed E-state index contributed by atoms with van der Waals surface area (Å²) in [5.74, 6) is -0.186. The molecule has 1 saturated carbocycles. The summed E-state index contributed by atoms with van der Waals surface area (Å²) in [6, 6.07) is 5.29. The molecule has 6 nitrogen and oxygen atoms in total. The first-order chi connectivity index (χ1) is 12.9. The van der Waals surface area contributed by atoms with E-state index in [1.54, 1.807) is 18.2 Å². The largest absolute Gasteiger partial charge is 0.421 e. The van der Waals surface area contributed by atoms with Crippen molar-refractivity contribution in [2.75, 3.05) is 21.6 Å². The first kappa shape index (κ1) is 19.3. The lowest BCUT2D eigenvalue weighted by Gasteiger charge is -2.28. The second-order valence-electron chi connectivity index (χ2n) is 6.07. The van der Waals surface area contributed by atoms with Gasteiger partial charge in [0.15, 0.2) is 0 Å². The zero-order chi connectivity index (χ0) is 19.4. The number of anilines is 4. The first-order valence-electron chi connectivity index (χ1n) is 8.32. The number of nitrogens with zero attached hydrogens (tertiary/aromatic N) is 2. The van der Waals surface area contributed by atoms with Crippen molar-refractivity contribution >= 4 is 41.3 Å². The number of hydrogen-bond donors (Lipinski definition) is 4. The van der Waals surface area contributed by atoms with Crippen LogP contribution in [0.3, 0.4) is 0 Å². The summed E-state index contributed by atoms with van der Waals surface area (Å²) in [5.41, 5.74) is 0.912. The number of halogens is 3. The van der Waals surface area contributed by atoms with E-state index in [-0.39, 0.29) is 17.8 Å². The molecule has 27 heavy (non-hydrogen) atoms. The predicted octanol–water partition coefficient (Wildman–Crippen LogP) is 4.89. The SMILES string of the molecule is CSNc1cccc(Nc2ncc(C(F)(F)F)c(NC3CCC3)n2)c1C=N. The molecule has 0 bridgehead atoms.